The van der Waals surface area contributed by atoms with Crippen LogP contribution in [0, 0.1) is 0 Å². The molecule has 6 aromatic rings. The van der Waals surface area contributed by atoms with Crippen LogP contribution in [0.4, 0.5) is 0 Å². The maximum absolute atomic E-state index is 5.54. The Morgan fingerprint density at radius 1 is 0.634 bits per heavy atom. The smallest absolute Gasteiger partial charge is 0.215 e. The molecule has 1 aromatic heterocycles. The van der Waals surface area contributed by atoms with E-state index >= 15 is 0 Å². The van der Waals surface area contributed by atoms with Crippen LogP contribution in [0.5, 0.6) is 5.75 Å². The molecule has 3 nitrogen and oxygen atoms in total. The molecule has 0 bridgehead atoms. The van der Waals surface area contributed by atoms with Crippen molar-refractivity contribution >= 4 is 36.6 Å². The summed E-state index contributed by atoms with van der Waals surface area (Å²) < 4.78 is 7.90. The van der Waals surface area contributed by atoms with Crippen molar-refractivity contribution in [3.05, 3.63) is 169 Å². The Morgan fingerprint density at radius 3 is 1.59 bits per heavy atom. The Balaban J connectivity index is 1.48. The lowest BCUT2D eigenvalue weighted by Crippen LogP contribution is -2.70. The van der Waals surface area contributed by atoms with Gasteiger partial charge in [-0.3, -0.25) is 4.98 Å². The molecular formula is C36H32BN2OSi. The standard InChI is InChI=1S/C36H32BN2OSi/c1-40-31-22-24-34(25-23-31)41(32-18-10-4-11-19-32,33-20-12-5-13-21-33)28-39-27-26-38-36(39)37-35(29-14-6-2-7-15-29)30-16-8-3-9-17-30/h2-27,35H,28H2,1H3. The highest BCUT2D eigenvalue weighted by Crippen LogP contribution is 2.23. The molecule has 0 atom stereocenters. The SMILES string of the molecule is COc1ccc([Si](Cn2ccnc2[B]C(c2ccccc2)c2ccccc2)(c2ccccc2)c2ccccc2)cc1. The summed E-state index contributed by atoms with van der Waals surface area (Å²) in [4.78, 5) is 4.91. The fraction of sp³-hybridized carbons (Fsp3) is 0.0833. The minimum atomic E-state index is -2.56. The molecule has 0 aliphatic carbocycles. The van der Waals surface area contributed by atoms with Crippen molar-refractivity contribution in [3.8, 4) is 5.75 Å². The first-order valence-electron chi connectivity index (χ1n) is 14.0. The second-order valence-electron chi connectivity index (χ2n) is 10.2. The minimum absolute atomic E-state index is 0.0871. The van der Waals surface area contributed by atoms with E-state index < -0.39 is 8.07 Å². The Morgan fingerprint density at radius 2 is 1.10 bits per heavy atom. The molecule has 5 aromatic carbocycles. The van der Waals surface area contributed by atoms with Gasteiger partial charge >= 0.3 is 0 Å². The molecule has 41 heavy (non-hydrogen) atoms. The maximum atomic E-state index is 5.54. The molecule has 0 N–H and O–H groups in total. The van der Waals surface area contributed by atoms with Gasteiger partial charge in [-0.1, -0.05) is 133 Å². The summed E-state index contributed by atoms with van der Waals surface area (Å²) in [5, 5.41) is 4.05. The van der Waals surface area contributed by atoms with Gasteiger partial charge < -0.3 is 9.30 Å². The fourth-order valence-electron chi connectivity index (χ4n) is 5.82. The topological polar surface area (TPSA) is 27.1 Å². The lowest BCUT2D eigenvalue weighted by molar-refractivity contribution is 0.415. The quantitative estimate of drug-likeness (QED) is 0.183. The summed E-state index contributed by atoms with van der Waals surface area (Å²) >= 11 is 0. The van der Waals surface area contributed by atoms with Crippen LogP contribution in [-0.4, -0.2) is 32.0 Å². The van der Waals surface area contributed by atoms with E-state index in [1.807, 2.05) is 6.20 Å². The van der Waals surface area contributed by atoms with Gasteiger partial charge in [0.25, 0.3) is 0 Å². The molecule has 0 unspecified atom stereocenters. The number of hydrogen-bond donors (Lipinski definition) is 0. The van der Waals surface area contributed by atoms with Crippen LogP contribution in [0.2, 0.25) is 0 Å². The summed E-state index contributed by atoms with van der Waals surface area (Å²) in [5.74, 6) is 0.951. The van der Waals surface area contributed by atoms with Crippen LogP contribution in [0.1, 0.15) is 16.9 Å². The number of rotatable bonds is 10. The summed E-state index contributed by atoms with van der Waals surface area (Å²) in [5.41, 5.74) is 3.47. The number of benzene rings is 5. The average Bonchev–Trinajstić information content (AvgIpc) is 3.50. The third-order valence-corrected chi connectivity index (χ3v) is 12.7. The number of methoxy groups -OCH3 is 1. The molecule has 1 radical (unpaired) electrons. The summed E-state index contributed by atoms with van der Waals surface area (Å²) in [7, 11) is 1.48. The van der Waals surface area contributed by atoms with Crippen LogP contribution in [-0.2, 0) is 6.17 Å². The summed E-state index contributed by atoms with van der Waals surface area (Å²) in [6.07, 6.45) is 4.88. The van der Waals surface area contributed by atoms with E-state index in [-0.39, 0.29) is 5.82 Å². The van der Waals surface area contributed by atoms with E-state index in [1.165, 1.54) is 26.7 Å². The Labute approximate surface area is 244 Å². The van der Waals surface area contributed by atoms with Gasteiger partial charge in [0.05, 0.1) is 12.8 Å². The van der Waals surface area contributed by atoms with Crippen LogP contribution < -0.4 is 26.0 Å². The van der Waals surface area contributed by atoms with Crippen LogP contribution in [0.15, 0.2) is 158 Å². The molecule has 0 aliphatic heterocycles. The van der Waals surface area contributed by atoms with Crippen molar-refractivity contribution in [2.24, 2.45) is 0 Å². The highest BCUT2D eigenvalue weighted by molar-refractivity contribution is 7.10. The number of nitrogens with zero attached hydrogens (tertiary/aromatic N) is 2. The predicted molar refractivity (Wildman–Crippen MR) is 173 cm³/mol. The molecule has 0 amide bonds. The van der Waals surface area contributed by atoms with E-state index in [1.54, 1.807) is 7.11 Å². The second-order valence-corrected chi connectivity index (χ2v) is 14.1. The third kappa shape index (κ3) is 5.54. The molecule has 0 saturated carbocycles. The maximum Gasteiger partial charge on any atom is 0.215 e. The molecule has 0 spiro atoms. The van der Waals surface area contributed by atoms with Crippen molar-refractivity contribution < 1.29 is 4.74 Å². The van der Waals surface area contributed by atoms with Gasteiger partial charge in [-0.2, -0.15) is 0 Å². The molecule has 0 aliphatic rings. The summed E-state index contributed by atoms with van der Waals surface area (Å²) in [6, 6.07) is 52.1. The van der Waals surface area contributed by atoms with Crippen molar-refractivity contribution in [1.82, 2.24) is 9.55 Å². The van der Waals surface area contributed by atoms with E-state index in [2.05, 4.69) is 164 Å². The van der Waals surface area contributed by atoms with Gasteiger partial charge in [-0.25, -0.2) is 0 Å². The van der Waals surface area contributed by atoms with Crippen molar-refractivity contribution in [2.45, 2.75) is 12.0 Å². The number of imidazole rings is 1. The van der Waals surface area contributed by atoms with E-state index in [0.29, 0.717) is 0 Å². The van der Waals surface area contributed by atoms with Crippen LogP contribution in [0.3, 0.4) is 0 Å². The van der Waals surface area contributed by atoms with Gasteiger partial charge in [-0.05, 0) is 44.6 Å². The van der Waals surface area contributed by atoms with Crippen molar-refractivity contribution in [3.63, 3.8) is 0 Å². The van der Waals surface area contributed by atoms with Gasteiger partial charge in [0.2, 0.25) is 7.28 Å². The van der Waals surface area contributed by atoms with Crippen molar-refractivity contribution in [1.29, 1.82) is 0 Å². The first-order chi connectivity index (χ1) is 20.3. The zero-order valence-electron chi connectivity index (χ0n) is 23.2. The van der Waals surface area contributed by atoms with Gasteiger partial charge in [-0.15, -0.1) is 0 Å². The van der Waals surface area contributed by atoms with E-state index in [0.717, 1.165) is 17.6 Å². The second kappa shape index (κ2) is 12.3. The highest BCUT2D eigenvalue weighted by Gasteiger charge is 2.40. The average molecular weight is 548 g/mol. The molecule has 6 rings (SSSR count). The van der Waals surface area contributed by atoms with Gasteiger partial charge in [0, 0.05) is 18.6 Å². The first-order valence-corrected chi connectivity index (χ1v) is 16.2. The monoisotopic (exact) mass is 547 g/mol. The van der Waals surface area contributed by atoms with Gasteiger partial charge in [0.1, 0.15) is 5.75 Å². The number of aromatic nitrogens is 2. The van der Waals surface area contributed by atoms with Gasteiger partial charge in [0.15, 0.2) is 8.07 Å². The zero-order chi connectivity index (χ0) is 27.9. The predicted octanol–water partition coefficient (Wildman–Crippen LogP) is 4.72. The van der Waals surface area contributed by atoms with E-state index in [4.69, 9.17) is 9.72 Å². The number of ether oxygens (including phenoxy) is 1. The normalized spacial score (nSPS) is 11.4. The van der Waals surface area contributed by atoms with E-state index in [9.17, 15) is 0 Å². The lowest BCUT2D eigenvalue weighted by Gasteiger charge is -2.35. The zero-order valence-corrected chi connectivity index (χ0v) is 24.2. The Bertz CT molecular complexity index is 1580. The summed E-state index contributed by atoms with van der Waals surface area (Å²) in [6.45, 7) is 0. The first kappa shape index (κ1) is 26.6. The molecule has 1 heterocycles. The molecule has 0 saturated heterocycles. The largest absolute Gasteiger partial charge is 0.497 e. The molecule has 199 valence electrons. The Hall–Kier alpha value is -4.61. The molecule has 0 fully saturated rings. The molecule has 5 heteroatoms. The third-order valence-electron chi connectivity index (χ3n) is 7.90. The highest BCUT2D eigenvalue weighted by atomic mass is 28.3. The fourth-order valence-corrected chi connectivity index (χ4v) is 10.4. The Kier molecular flexibility index (Phi) is 7.97. The van der Waals surface area contributed by atoms with Crippen molar-refractivity contribution in [2.75, 3.05) is 7.11 Å². The number of hydrogen-bond acceptors (Lipinski definition) is 2. The van der Waals surface area contributed by atoms with Crippen LogP contribution >= 0.6 is 0 Å². The minimum Gasteiger partial charge on any atom is -0.497 e. The van der Waals surface area contributed by atoms with Crippen LogP contribution in [0.25, 0.3) is 0 Å². The lowest BCUT2D eigenvalue weighted by atomic mass is 9.58. The molecular weight excluding hydrogens is 515 g/mol.